The summed E-state index contributed by atoms with van der Waals surface area (Å²) in [6.45, 7) is 0.0874. The standard InChI is InChI=1S/C27H27N3O6/c1-35-21-12-9-18(10-13-21)17-29-25(31)22-16-20(30(33)34)11-14-23(22)27(29,24-8-5-15-36-24)26(32)28-19-6-3-2-4-7-19/h5,8-16,19H,2-4,6-7,17H2,1H3,(H,28,32). The fraction of sp³-hybridized carbons (Fsp3) is 0.333. The van der Waals surface area contributed by atoms with Gasteiger partial charge in [-0.15, -0.1) is 0 Å². The average molecular weight is 490 g/mol. The normalized spacial score (nSPS) is 19.7. The zero-order valence-electron chi connectivity index (χ0n) is 19.9. The van der Waals surface area contributed by atoms with Crippen LogP contribution in [-0.4, -0.2) is 34.8 Å². The van der Waals surface area contributed by atoms with Crippen LogP contribution in [0.15, 0.2) is 65.3 Å². The second-order valence-electron chi connectivity index (χ2n) is 9.22. The van der Waals surface area contributed by atoms with Crippen LogP contribution in [0.1, 0.15) is 59.3 Å². The number of fused-ring (bicyclic) bond motifs is 1. The van der Waals surface area contributed by atoms with E-state index >= 15 is 0 Å². The van der Waals surface area contributed by atoms with Crippen molar-refractivity contribution in [3.05, 3.63) is 93.4 Å². The van der Waals surface area contributed by atoms with Gasteiger partial charge in [-0.2, -0.15) is 0 Å². The van der Waals surface area contributed by atoms with Gasteiger partial charge in [0.25, 0.3) is 17.5 Å². The molecule has 1 saturated carbocycles. The van der Waals surface area contributed by atoms with E-state index in [1.54, 1.807) is 31.4 Å². The number of nitro groups is 1. The molecule has 5 rings (SSSR count). The van der Waals surface area contributed by atoms with Gasteiger partial charge in [0.2, 0.25) is 5.54 Å². The molecule has 0 bridgehead atoms. The number of nitrogens with one attached hydrogen (secondary N) is 1. The fourth-order valence-electron chi connectivity index (χ4n) is 5.33. The van der Waals surface area contributed by atoms with E-state index in [2.05, 4.69) is 5.32 Å². The van der Waals surface area contributed by atoms with Gasteiger partial charge in [-0.05, 0) is 48.7 Å². The third-order valence-corrected chi connectivity index (χ3v) is 7.13. The summed E-state index contributed by atoms with van der Waals surface area (Å²) >= 11 is 0. The van der Waals surface area contributed by atoms with E-state index in [1.165, 1.54) is 29.4 Å². The smallest absolute Gasteiger partial charge is 0.270 e. The lowest BCUT2D eigenvalue weighted by molar-refractivity contribution is -0.384. The van der Waals surface area contributed by atoms with Gasteiger partial charge in [0.15, 0.2) is 0 Å². The number of carbonyl (C=O) groups excluding carboxylic acids is 2. The van der Waals surface area contributed by atoms with E-state index in [1.807, 2.05) is 12.1 Å². The molecule has 0 saturated heterocycles. The molecule has 3 aromatic rings. The molecule has 0 spiro atoms. The number of furan rings is 1. The molecule has 36 heavy (non-hydrogen) atoms. The zero-order valence-corrected chi connectivity index (χ0v) is 19.9. The molecule has 2 amide bonds. The summed E-state index contributed by atoms with van der Waals surface area (Å²) in [5.74, 6) is 0.0987. The molecular formula is C27H27N3O6. The van der Waals surface area contributed by atoms with Crippen LogP contribution in [0, 0.1) is 10.1 Å². The Bertz CT molecular complexity index is 1280. The molecule has 9 heteroatoms. The van der Waals surface area contributed by atoms with Crippen LogP contribution in [0.5, 0.6) is 5.75 Å². The molecule has 2 aromatic carbocycles. The van der Waals surface area contributed by atoms with E-state index in [9.17, 15) is 19.7 Å². The van der Waals surface area contributed by atoms with Gasteiger partial charge < -0.3 is 19.4 Å². The number of methoxy groups -OCH3 is 1. The number of hydrogen-bond donors (Lipinski definition) is 1. The van der Waals surface area contributed by atoms with Crippen molar-refractivity contribution in [1.82, 2.24) is 10.2 Å². The van der Waals surface area contributed by atoms with Crippen LogP contribution in [0.25, 0.3) is 0 Å². The Morgan fingerprint density at radius 3 is 2.56 bits per heavy atom. The Morgan fingerprint density at radius 2 is 1.92 bits per heavy atom. The highest BCUT2D eigenvalue weighted by Gasteiger charge is 2.58. The largest absolute Gasteiger partial charge is 0.497 e. The van der Waals surface area contributed by atoms with Crippen LogP contribution in [-0.2, 0) is 16.9 Å². The zero-order chi connectivity index (χ0) is 25.3. The number of nitrogens with zero attached hydrogens (tertiary/aromatic N) is 2. The number of non-ortho nitro benzene ring substituents is 1. The first kappa shape index (κ1) is 23.6. The lowest BCUT2D eigenvalue weighted by Crippen LogP contribution is -2.56. The molecule has 2 heterocycles. The third-order valence-electron chi connectivity index (χ3n) is 7.13. The van der Waals surface area contributed by atoms with Crippen LogP contribution in [0.4, 0.5) is 5.69 Å². The van der Waals surface area contributed by atoms with E-state index in [0.717, 1.165) is 37.7 Å². The summed E-state index contributed by atoms with van der Waals surface area (Å²) in [7, 11) is 1.57. The number of nitro benzene ring substituents is 1. The lowest BCUT2D eigenvalue weighted by Gasteiger charge is -2.38. The summed E-state index contributed by atoms with van der Waals surface area (Å²) in [5.41, 5.74) is -0.562. The molecule has 1 aromatic heterocycles. The Kier molecular flexibility index (Phi) is 6.22. The lowest BCUT2D eigenvalue weighted by atomic mass is 9.84. The molecule has 9 nitrogen and oxygen atoms in total. The molecule has 1 unspecified atom stereocenters. The molecule has 0 radical (unpaired) electrons. The van der Waals surface area contributed by atoms with Crippen LogP contribution in [0.2, 0.25) is 0 Å². The average Bonchev–Trinajstić information content (AvgIpc) is 3.51. The topological polar surface area (TPSA) is 115 Å². The maximum absolute atomic E-state index is 14.2. The SMILES string of the molecule is COc1ccc(CN2C(=O)c3cc([N+](=O)[O-])ccc3C2(C(=O)NC2CCCCC2)c2ccco2)cc1. The van der Waals surface area contributed by atoms with Gasteiger partial charge in [-0.1, -0.05) is 31.4 Å². The first-order valence-electron chi connectivity index (χ1n) is 12.0. The van der Waals surface area contributed by atoms with Crippen molar-refractivity contribution < 1.29 is 23.7 Å². The van der Waals surface area contributed by atoms with Gasteiger partial charge >= 0.3 is 0 Å². The molecule has 2 aliphatic rings. The summed E-state index contributed by atoms with van der Waals surface area (Å²) < 4.78 is 11.1. The van der Waals surface area contributed by atoms with Crippen molar-refractivity contribution in [1.29, 1.82) is 0 Å². The molecule has 1 N–H and O–H groups in total. The predicted octanol–water partition coefficient (Wildman–Crippen LogP) is 4.54. The van der Waals surface area contributed by atoms with Gasteiger partial charge in [-0.3, -0.25) is 19.7 Å². The Morgan fingerprint density at radius 1 is 1.17 bits per heavy atom. The minimum Gasteiger partial charge on any atom is -0.497 e. The van der Waals surface area contributed by atoms with Crippen LogP contribution < -0.4 is 10.1 Å². The van der Waals surface area contributed by atoms with Crippen molar-refractivity contribution in [2.75, 3.05) is 7.11 Å². The highest BCUT2D eigenvalue weighted by molar-refractivity contribution is 6.09. The van der Waals surface area contributed by atoms with E-state index < -0.39 is 16.4 Å². The van der Waals surface area contributed by atoms with Gasteiger partial charge in [-0.25, -0.2) is 0 Å². The van der Waals surface area contributed by atoms with E-state index in [4.69, 9.17) is 9.15 Å². The summed E-state index contributed by atoms with van der Waals surface area (Å²) in [5, 5.41) is 14.7. The number of carbonyl (C=O) groups is 2. The van der Waals surface area contributed by atoms with Crippen molar-refractivity contribution in [2.24, 2.45) is 0 Å². The number of benzene rings is 2. The molecule has 1 aliphatic carbocycles. The highest BCUT2D eigenvalue weighted by atomic mass is 16.6. The Balaban J connectivity index is 1.66. The molecule has 1 atom stereocenters. The minimum atomic E-state index is -1.61. The molecule has 1 aliphatic heterocycles. The monoisotopic (exact) mass is 489 g/mol. The van der Waals surface area contributed by atoms with Gasteiger partial charge in [0.05, 0.1) is 23.9 Å². The van der Waals surface area contributed by atoms with Crippen molar-refractivity contribution in [3.63, 3.8) is 0 Å². The van der Waals surface area contributed by atoms with Gasteiger partial charge in [0, 0.05) is 30.3 Å². The number of rotatable bonds is 7. The number of ether oxygens (including phenoxy) is 1. The molecular weight excluding hydrogens is 462 g/mol. The second kappa shape index (κ2) is 9.49. The Labute approximate surface area is 208 Å². The Hall–Kier alpha value is -4.14. The summed E-state index contributed by atoms with van der Waals surface area (Å²) in [6.07, 6.45) is 6.36. The number of hydrogen-bond acceptors (Lipinski definition) is 6. The number of amides is 2. The summed E-state index contributed by atoms with van der Waals surface area (Å²) in [4.78, 5) is 40.5. The van der Waals surface area contributed by atoms with Crippen molar-refractivity contribution in [3.8, 4) is 5.75 Å². The summed E-state index contributed by atoms with van der Waals surface area (Å²) in [6, 6.07) is 14.6. The van der Waals surface area contributed by atoms with Crippen LogP contribution >= 0.6 is 0 Å². The van der Waals surface area contributed by atoms with Crippen molar-refractivity contribution >= 4 is 17.5 Å². The maximum Gasteiger partial charge on any atom is 0.270 e. The van der Waals surface area contributed by atoms with Gasteiger partial charge in [0.1, 0.15) is 11.5 Å². The third kappa shape index (κ3) is 3.90. The quantitative estimate of drug-likeness (QED) is 0.385. The van der Waals surface area contributed by atoms with Crippen LogP contribution in [0.3, 0.4) is 0 Å². The minimum absolute atomic E-state index is 0.0156. The van der Waals surface area contributed by atoms with E-state index in [0.29, 0.717) is 11.3 Å². The van der Waals surface area contributed by atoms with E-state index in [-0.39, 0.29) is 35.5 Å². The first-order valence-corrected chi connectivity index (χ1v) is 12.0. The van der Waals surface area contributed by atoms with Crippen molar-refractivity contribution in [2.45, 2.75) is 50.2 Å². The highest BCUT2D eigenvalue weighted by Crippen LogP contribution is 2.47. The first-order chi connectivity index (χ1) is 17.4. The second-order valence-corrected chi connectivity index (χ2v) is 9.22. The maximum atomic E-state index is 14.2. The predicted molar refractivity (Wildman–Crippen MR) is 130 cm³/mol. The molecule has 1 fully saturated rings. The molecule has 186 valence electrons. The fourth-order valence-corrected chi connectivity index (χ4v) is 5.33.